The highest BCUT2D eigenvalue weighted by molar-refractivity contribution is 6.74. The fraction of sp³-hybridized carbons (Fsp3) is 0.674. The maximum absolute atomic E-state index is 14.1. The van der Waals surface area contributed by atoms with E-state index in [0.29, 0.717) is 37.9 Å². The molecule has 4 rings (SSSR count). The van der Waals surface area contributed by atoms with Gasteiger partial charge in [-0.1, -0.05) is 97.9 Å². The van der Waals surface area contributed by atoms with E-state index in [1.165, 1.54) is 5.57 Å². The number of cyclic esters (lactones) is 1. The summed E-state index contributed by atoms with van der Waals surface area (Å²) >= 11 is 0. The van der Waals surface area contributed by atoms with E-state index in [1.807, 2.05) is 37.3 Å². The standard InChI is InChI=1S/C43H68O7Si2/c1-14-18-30-19-16-17-20-37(30)47-36(15-2)41(45)48-38-27-33(49-51(10,11)42(4,5)6)25-31-22-21-29(3)35(40(31)38)24-23-32-26-34(28-39(44)46-32)50-52(12,13)43(7,8)9/h14,16-17,19-22,25,29,32-36,38,40H,1,15,18,23-24,26-28H2,2-13H3/t29?,32-,33?,34-,35?,36+,38?,40?/m1/s1. The van der Waals surface area contributed by atoms with Crippen LogP contribution in [0.3, 0.4) is 0 Å². The van der Waals surface area contributed by atoms with Crippen molar-refractivity contribution < 1.29 is 32.7 Å². The van der Waals surface area contributed by atoms with Crippen LogP contribution in [0, 0.1) is 17.8 Å². The van der Waals surface area contributed by atoms with Crippen LogP contribution in [-0.4, -0.2) is 59.1 Å². The van der Waals surface area contributed by atoms with E-state index in [1.54, 1.807) is 0 Å². The summed E-state index contributed by atoms with van der Waals surface area (Å²) in [6.07, 6.45) is 11.3. The Morgan fingerprint density at radius 3 is 2.29 bits per heavy atom. The third-order valence-corrected chi connectivity index (χ3v) is 21.5. The Labute approximate surface area is 317 Å². The van der Waals surface area contributed by atoms with Crippen LogP contribution in [-0.2, 0) is 34.3 Å². The number of carbonyl (C=O) groups excluding carboxylic acids is 2. The fourth-order valence-corrected chi connectivity index (χ4v) is 9.95. The molecular formula is C43H68O7Si2. The second kappa shape index (κ2) is 16.9. The van der Waals surface area contributed by atoms with Gasteiger partial charge in [0.15, 0.2) is 22.7 Å². The lowest BCUT2D eigenvalue weighted by atomic mass is 9.66. The monoisotopic (exact) mass is 752 g/mol. The van der Waals surface area contributed by atoms with Crippen molar-refractivity contribution in [2.75, 3.05) is 0 Å². The quantitative estimate of drug-likeness (QED) is 0.106. The van der Waals surface area contributed by atoms with Gasteiger partial charge in [-0.25, -0.2) is 4.79 Å². The minimum absolute atomic E-state index is 0.00709. The predicted molar refractivity (Wildman–Crippen MR) is 215 cm³/mol. The van der Waals surface area contributed by atoms with Crippen LogP contribution < -0.4 is 4.74 Å². The van der Waals surface area contributed by atoms with Gasteiger partial charge >= 0.3 is 11.9 Å². The minimum atomic E-state index is -2.12. The highest BCUT2D eigenvalue weighted by atomic mass is 28.4. The number of ether oxygens (including phenoxy) is 3. The van der Waals surface area contributed by atoms with Gasteiger partial charge in [0, 0.05) is 18.8 Å². The lowest BCUT2D eigenvalue weighted by Gasteiger charge is -2.46. The molecule has 0 N–H and O–H groups in total. The number of fused-ring (bicyclic) bond motifs is 1. The highest BCUT2D eigenvalue weighted by Crippen LogP contribution is 2.47. The minimum Gasteiger partial charge on any atom is -0.478 e. The normalized spacial score (nSPS) is 27.6. The zero-order chi connectivity index (χ0) is 38.6. The van der Waals surface area contributed by atoms with Crippen molar-refractivity contribution in [3.05, 3.63) is 66.3 Å². The molecule has 1 aromatic rings. The summed E-state index contributed by atoms with van der Waals surface area (Å²) in [6.45, 7) is 30.6. The Balaban J connectivity index is 1.58. The van der Waals surface area contributed by atoms with E-state index >= 15 is 0 Å². The Kier molecular flexibility index (Phi) is 13.7. The smallest absolute Gasteiger partial charge is 0.347 e. The van der Waals surface area contributed by atoms with Crippen molar-refractivity contribution in [1.29, 1.82) is 0 Å². The molecule has 0 radical (unpaired) electrons. The lowest BCUT2D eigenvalue weighted by Crippen LogP contribution is -2.49. The summed E-state index contributed by atoms with van der Waals surface area (Å²) in [5, 5.41) is 0.102. The summed E-state index contributed by atoms with van der Waals surface area (Å²) < 4.78 is 32.6. The summed E-state index contributed by atoms with van der Waals surface area (Å²) in [7, 11) is -4.17. The molecule has 5 unspecified atom stereocenters. The molecule has 290 valence electrons. The van der Waals surface area contributed by atoms with Gasteiger partial charge in [-0.15, -0.1) is 6.58 Å². The number of hydrogen-bond donors (Lipinski definition) is 0. The van der Waals surface area contributed by atoms with Crippen molar-refractivity contribution >= 4 is 28.6 Å². The molecule has 0 spiro atoms. The van der Waals surface area contributed by atoms with Crippen molar-refractivity contribution in [3.8, 4) is 5.75 Å². The molecule has 1 aromatic carbocycles. The van der Waals surface area contributed by atoms with Crippen LogP contribution in [0.4, 0.5) is 0 Å². The lowest BCUT2D eigenvalue weighted by molar-refractivity contribution is -0.164. The third-order valence-electron chi connectivity index (χ3n) is 12.4. The summed E-state index contributed by atoms with van der Waals surface area (Å²) in [5.41, 5.74) is 2.15. The molecule has 52 heavy (non-hydrogen) atoms. The van der Waals surface area contributed by atoms with Crippen LogP contribution in [0.5, 0.6) is 5.75 Å². The number of benzene rings is 1. The van der Waals surface area contributed by atoms with Gasteiger partial charge in [-0.3, -0.25) is 4.79 Å². The Hall–Kier alpha value is -2.47. The summed E-state index contributed by atoms with van der Waals surface area (Å²) in [5.74, 6) is 0.599. The number of para-hydroxylation sites is 1. The number of hydrogen-bond acceptors (Lipinski definition) is 7. The van der Waals surface area contributed by atoms with Crippen molar-refractivity contribution in [1.82, 2.24) is 0 Å². The Morgan fingerprint density at radius 1 is 1.00 bits per heavy atom. The average molecular weight is 753 g/mol. The van der Waals surface area contributed by atoms with E-state index in [2.05, 4.69) is 99.5 Å². The first-order chi connectivity index (χ1) is 24.2. The zero-order valence-corrected chi connectivity index (χ0v) is 36.3. The first-order valence-electron chi connectivity index (χ1n) is 19.7. The van der Waals surface area contributed by atoms with E-state index in [-0.39, 0.29) is 64.2 Å². The SMILES string of the molecule is C=CCc1ccccc1O[C@@H](CC)C(=O)OC1CC(O[Si](C)(C)C(C)(C)C)C=C2C=CC(C)C(CC[C@@H]3C[C@@H](O[Si](C)(C)C(C)(C)C)CC(=O)O3)C21. The number of allylic oxidation sites excluding steroid dienone is 3. The van der Waals surface area contributed by atoms with Crippen molar-refractivity contribution in [3.63, 3.8) is 0 Å². The summed E-state index contributed by atoms with van der Waals surface area (Å²) in [4.78, 5) is 26.9. The molecule has 1 heterocycles. The second-order valence-corrected chi connectivity index (χ2v) is 28.0. The van der Waals surface area contributed by atoms with Gasteiger partial charge < -0.3 is 23.1 Å². The van der Waals surface area contributed by atoms with Gasteiger partial charge in [0.2, 0.25) is 0 Å². The van der Waals surface area contributed by atoms with Gasteiger partial charge in [0.1, 0.15) is 18.0 Å². The van der Waals surface area contributed by atoms with Crippen LogP contribution in [0.2, 0.25) is 36.3 Å². The fourth-order valence-electron chi connectivity index (χ4n) is 7.31. The first-order valence-corrected chi connectivity index (χ1v) is 25.5. The molecule has 2 aliphatic carbocycles. The molecule has 0 bridgehead atoms. The van der Waals surface area contributed by atoms with Crippen molar-refractivity contribution in [2.45, 2.75) is 167 Å². The third kappa shape index (κ3) is 10.4. The van der Waals surface area contributed by atoms with E-state index in [9.17, 15) is 9.59 Å². The van der Waals surface area contributed by atoms with Gasteiger partial charge in [-0.2, -0.15) is 0 Å². The molecule has 1 saturated heterocycles. The van der Waals surface area contributed by atoms with Gasteiger partial charge in [-0.05, 0) is 91.0 Å². The van der Waals surface area contributed by atoms with Crippen LogP contribution in [0.1, 0.15) is 99.5 Å². The molecule has 3 aliphatic rings. The average Bonchev–Trinajstić information content (AvgIpc) is 3.02. The number of rotatable bonds is 14. The van der Waals surface area contributed by atoms with E-state index in [4.69, 9.17) is 23.1 Å². The molecule has 0 aromatic heterocycles. The maximum atomic E-state index is 14.1. The van der Waals surface area contributed by atoms with Crippen molar-refractivity contribution in [2.24, 2.45) is 17.8 Å². The van der Waals surface area contributed by atoms with E-state index in [0.717, 1.165) is 18.4 Å². The second-order valence-electron chi connectivity index (χ2n) is 18.4. The van der Waals surface area contributed by atoms with Crippen LogP contribution in [0.25, 0.3) is 0 Å². The molecule has 8 atom stereocenters. The molecule has 0 saturated carbocycles. The van der Waals surface area contributed by atoms with Crippen LogP contribution in [0.15, 0.2) is 60.7 Å². The molecular weight excluding hydrogens is 685 g/mol. The predicted octanol–water partition coefficient (Wildman–Crippen LogP) is 10.5. The van der Waals surface area contributed by atoms with Crippen LogP contribution >= 0.6 is 0 Å². The molecule has 0 amide bonds. The van der Waals surface area contributed by atoms with Gasteiger partial charge in [0.05, 0.1) is 18.6 Å². The highest BCUT2D eigenvalue weighted by Gasteiger charge is 2.47. The number of carbonyl (C=O) groups is 2. The molecule has 9 heteroatoms. The molecule has 7 nitrogen and oxygen atoms in total. The molecule has 1 aliphatic heterocycles. The first kappa shape index (κ1) is 42.3. The molecule has 1 fully saturated rings. The largest absolute Gasteiger partial charge is 0.478 e. The Morgan fingerprint density at radius 2 is 1.65 bits per heavy atom. The topological polar surface area (TPSA) is 80.3 Å². The Bertz CT molecular complexity index is 1470. The zero-order valence-electron chi connectivity index (χ0n) is 34.3. The number of esters is 2. The van der Waals surface area contributed by atoms with E-state index < -0.39 is 22.7 Å². The summed E-state index contributed by atoms with van der Waals surface area (Å²) in [6, 6.07) is 7.80. The van der Waals surface area contributed by atoms with Gasteiger partial charge in [0.25, 0.3) is 0 Å². The maximum Gasteiger partial charge on any atom is 0.347 e.